The van der Waals surface area contributed by atoms with Gasteiger partial charge in [-0.3, -0.25) is 0 Å². The van der Waals surface area contributed by atoms with Gasteiger partial charge in [-0.05, 0) is 25.7 Å². The lowest BCUT2D eigenvalue weighted by atomic mass is 9.98. The zero-order valence-corrected chi connectivity index (χ0v) is 17.6. The molecule has 0 aliphatic rings. The molecule has 0 rings (SSSR count). The smallest absolute Gasteiger partial charge is 0.0833 e. The second-order valence-electron chi connectivity index (χ2n) is 7.43. The average molecular weight is 395 g/mol. The van der Waals surface area contributed by atoms with Crippen LogP contribution in [0.3, 0.4) is 0 Å². The normalized spacial score (nSPS) is 16.8. The third kappa shape index (κ3) is 15.8. The van der Waals surface area contributed by atoms with Gasteiger partial charge in [-0.1, -0.05) is 101 Å². The van der Waals surface area contributed by atoms with Gasteiger partial charge in [0.2, 0.25) is 0 Å². The Morgan fingerprint density at radius 3 is 1.75 bits per heavy atom. The van der Waals surface area contributed by atoms with Crippen LogP contribution in [0.2, 0.25) is 0 Å². The van der Waals surface area contributed by atoms with Crippen molar-refractivity contribution in [1.82, 2.24) is 0 Å². The number of unbranched alkanes of at least 4 members (excludes halogenated alkanes) is 6. The third-order valence-electron chi connectivity index (χ3n) is 4.84. The zero-order chi connectivity index (χ0) is 21.0. The van der Waals surface area contributed by atoms with Crippen molar-refractivity contribution in [3.63, 3.8) is 0 Å². The van der Waals surface area contributed by atoms with Gasteiger partial charge in [-0.25, -0.2) is 0 Å². The van der Waals surface area contributed by atoms with E-state index in [9.17, 15) is 20.4 Å². The summed E-state index contributed by atoms with van der Waals surface area (Å²) in [5.74, 6) is 0. The lowest BCUT2D eigenvalue weighted by Gasteiger charge is -2.21. The van der Waals surface area contributed by atoms with E-state index in [0.29, 0.717) is 12.8 Å². The molecule has 28 heavy (non-hydrogen) atoms. The standard InChI is InChI=1S/C24H42O4/c1-3-5-7-9-11-13-15-17-21(25)23(27)19-20-24(28)22(26)18-16-14-12-10-8-6-4-2/h3,5,7,9,11,13,15,21-28H,1,4,6,8,10,12,14,16-20H2,2H3/b7-5+,11-9+,15-13+. The van der Waals surface area contributed by atoms with Gasteiger partial charge in [0.15, 0.2) is 0 Å². The zero-order valence-electron chi connectivity index (χ0n) is 17.6. The molecule has 4 nitrogen and oxygen atoms in total. The van der Waals surface area contributed by atoms with E-state index in [-0.39, 0.29) is 12.8 Å². The summed E-state index contributed by atoms with van der Waals surface area (Å²) in [6, 6.07) is 0. The minimum absolute atomic E-state index is 0.266. The Bertz CT molecular complexity index is 442. The first-order valence-electron chi connectivity index (χ1n) is 10.9. The summed E-state index contributed by atoms with van der Waals surface area (Å²) in [7, 11) is 0. The van der Waals surface area contributed by atoms with Crippen LogP contribution in [-0.2, 0) is 0 Å². The second-order valence-corrected chi connectivity index (χ2v) is 7.43. The summed E-state index contributed by atoms with van der Waals surface area (Å²) >= 11 is 0. The molecular formula is C24H42O4. The van der Waals surface area contributed by atoms with Gasteiger partial charge >= 0.3 is 0 Å². The van der Waals surface area contributed by atoms with Gasteiger partial charge in [0.05, 0.1) is 24.4 Å². The number of allylic oxidation sites excluding steroid dienone is 6. The van der Waals surface area contributed by atoms with E-state index < -0.39 is 24.4 Å². The molecule has 0 saturated carbocycles. The van der Waals surface area contributed by atoms with Gasteiger partial charge < -0.3 is 20.4 Å². The Morgan fingerprint density at radius 1 is 0.607 bits per heavy atom. The van der Waals surface area contributed by atoms with Crippen molar-refractivity contribution in [2.24, 2.45) is 0 Å². The molecule has 4 unspecified atom stereocenters. The molecule has 4 atom stereocenters. The van der Waals surface area contributed by atoms with Crippen LogP contribution in [0, 0.1) is 0 Å². The van der Waals surface area contributed by atoms with Crippen molar-refractivity contribution >= 4 is 0 Å². The molecule has 0 aromatic heterocycles. The first-order valence-corrected chi connectivity index (χ1v) is 10.9. The first-order chi connectivity index (χ1) is 13.5. The lowest BCUT2D eigenvalue weighted by Crippen LogP contribution is -2.30. The average Bonchev–Trinajstić information content (AvgIpc) is 2.69. The lowest BCUT2D eigenvalue weighted by molar-refractivity contribution is -0.0202. The minimum Gasteiger partial charge on any atom is -0.390 e. The Hall–Kier alpha value is -1.20. The van der Waals surface area contributed by atoms with E-state index in [2.05, 4.69) is 13.5 Å². The molecule has 4 heteroatoms. The maximum absolute atomic E-state index is 10.1. The van der Waals surface area contributed by atoms with E-state index in [4.69, 9.17) is 0 Å². The monoisotopic (exact) mass is 394 g/mol. The van der Waals surface area contributed by atoms with Crippen molar-refractivity contribution in [2.75, 3.05) is 0 Å². The molecule has 0 bridgehead atoms. The van der Waals surface area contributed by atoms with Crippen LogP contribution in [0.5, 0.6) is 0 Å². The molecule has 0 aromatic rings. The van der Waals surface area contributed by atoms with Gasteiger partial charge in [0, 0.05) is 0 Å². The predicted octanol–water partition coefficient (Wildman–Crippen LogP) is 4.60. The Morgan fingerprint density at radius 2 is 1.11 bits per heavy atom. The van der Waals surface area contributed by atoms with E-state index in [1.165, 1.54) is 32.1 Å². The molecule has 0 saturated heterocycles. The van der Waals surface area contributed by atoms with Crippen LogP contribution < -0.4 is 0 Å². The molecule has 0 aliphatic carbocycles. The molecule has 4 N–H and O–H groups in total. The summed E-state index contributed by atoms with van der Waals surface area (Å²) in [5, 5.41) is 40.1. The van der Waals surface area contributed by atoms with Crippen molar-refractivity contribution < 1.29 is 20.4 Å². The highest BCUT2D eigenvalue weighted by molar-refractivity contribution is 5.14. The number of rotatable bonds is 18. The van der Waals surface area contributed by atoms with Crippen molar-refractivity contribution in [2.45, 2.75) is 102 Å². The maximum atomic E-state index is 10.1. The van der Waals surface area contributed by atoms with E-state index >= 15 is 0 Å². The fourth-order valence-corrected chi connectivity index (χ4v) is 2.95. The van der Waals surface area contributed by atoms with Crippen LogP contribution in [0.1, 0.15) is 77.6 Å². The fourth-order valence-electron chi connectivity index (χ4n) is 2.95. The van der Waals surface area contributed by atoms with Crippen LogP contribution in [0.4, 0.5) is 0 Å². The largest absolute Gasteiger partial charge is 0.390 e. The summed E-state index contributed by atoms with van der Waals surface area (Å²) in [4.78, 5) is 0. The summed E-state index contributed by atoms with van der Waals surface area (Å²) in [5.41, 5.74) is 0. The molecule has 0 heterocycles. The topological polar surface area (TPSA) is 80.9 Å². The van der Waals surface area contributed by atoms with Gasteiger partial charge in [-0.15, -0.1) is 0 Å². The quantitative estimate of drug-likeness (QED) is 0.202. The number of hydrogen-bond acceptors (Lipinski definition) is 4. The van der Waals surface area contributed by atoms with Gasteiger partial charge in [0.1, 0.15) is 0 Å². The maximum Gasteiger partial charge on any atom is 0.0833 e. The Labute approximate surface area is 172 Å². The predicted molar refractivity (Wildman–Crippen MR) is 118 cm³/mol. The number of aliphatic hydroxyl groups excluding tert-OH is 4. The molecule has 0 amide bonds. The van der Waals surface area contributed by atoms with E-state index in [0.717, 1.165) is 12.8 Å². The molecule has 0 radical (unpaired) electrons. The van der Waals surface area contributed by atoms with Crippen molar-refractivity contribution in [3.8, 4) is 0 Å². The summed E-state index contributed by atoms with van der Waals surface area (Å²) < 4.78 is 0. The van der Waals surface area contributed by atoms with Crippen LogP contribution in [0.25, 0.3) is 0 Å². The highest BCUT2D eigenvalue weighted by Crippen LogP contribution is 2.15. The molecule has 0 aromatic carbocycles. The summed E-state index contributed by atoms with van der Waals surface area (Å²) in [6.45, 7) is 5.78. The summed E-state index contributed by atoms with van der Waals surface area (Å²) in [6.07, 6.45) is 19.0. The van der Waals surface area contributed by atoms with Crippen LogP contribution in [-0.4, -0.2) is 44.8 Å². The van der Waals surface area contributed by atoms with Crippen LogP contribution >= 0.6 is 0 Å². The van der Waals surface area contributed by atoms with Crippen LogP contribution in [0.15, 0.2) is 49.1 Å². The van der Waals surface area contributed by atoms with Crippen molar-refractivity contribution in [1.29, 1.82) is 0 Å². The van der Waals surface area contributed by atoms with E-state index in [1.807, 2.05) is 30.4 Å². The molecule has 0 spiro atoms. The van der Waals surface area contributed by atoms with E-state index in [1.54, 1.807) is 12.2 Å². The molecule has 0 fully saturated rings. The Balaban J connectivity index is 3.87. The number of hydrogen-bond donors (Lipinski definition) is 4. The third-order valence-corrected chi connectivity index (χ3v) is 4.84. The molecule has 0 aliphatic heterocycles. The Kier molecular flexibility index (Phi) is 18.3. The second kappa shape index (κ2) is 19.1. The fraction of sp³-hybridized carbons (Fsp3) is 0.667. The SMILES string of the molecule is C=C/C=C/C=C/C=C/CC(O)C(O)CCC(O)C(O)CCCCCCCCC. The highest BCUT2D eigenvalue weighted by Gasteiger charge is 2.20. The van der Waals surface area contributed by atoms with Gasteiger partial charge in [-0.2, -0.15) is 0 Å². The molecule has 162 valence electrons. The minimum atomic E-state index is -0.908. The van der Waals surface area contributed by atoms with Gasteiger partial charge in [0.25, 0.3) is 0 Å². The first kappa shape index (κ1) is 26.8. The number of aliphatic hydroxyl groups is 4. The molecular weight excluding hydrogens is 352 g/mol. The highest BCUT2D eigenvalue weighted by atomic mass is 16.3. The van der Waals surface area contributed by atoms with Crippen molar-refractivity contribution in [3.05, 3.63) is 49.1 Å².